The van der Waals surface area contributed by atoms with Crippen molar-refractivity contribution in [3.05, 3.63) is 175 Å². The van der Waals surface area contributed by atoms with E-state index < -0.39 is 0 Å². The fraction of sp³-hybridized carbons (Fsp3) is 0.321. The van der Waals surface area contributed by atoms with E-state index in [0.29, 0.717) is 17.5 Å². The van der Waals surface area contributed by atoms with Crippen molar-refractivity contribution in [3.63, 3.8) is 0 Å². The van der Waals surface area contributed by atoms with Crippen LogP contribution in [0.5, 0.6) is 0 Å². The molecule has 0 saturated heterocycles. The molecule has 0 bridgehead atoms. The summed E-state index contributed by atoms with van der Waals surface area (Å²) in [6, 6.07) is 48.8. The molecule has 8 nitrogen and oxygen atoms in total. The van der Waals surface area contributed by atoms with Crippen molar-refractivity contribution in [3.8, 4) is 0 Å². The molecule has 1 N–H and O–H groups in total. The number of pyridine rings is 2. The molecule has 0 atom stereocenters. The number of nitrogens with one attached hydrogen (secondary N) is 1. The van der Waals surface area contributed by atoms with Crippen molar-refractivity contribution in [2.24, 2.45) is 5.92 Å². The molecule has 0 spiro atoms. The predicted molar refractivity (Wildman–Crippen MR) is 264 cm³/mol. The number of hydrazine groups is 1. The molecule has 9 rings (SSSR count). The lowest BCUT2D eigenvalue weighted by atomic mass is 9.89. The molecule has 2 heterocycles. The van der Waals surface area contributed by atoms with Crippen LogP contribution in [0.25, 0.3) is 21.8 Å². The molecular formula is C56H62N6O2. The number of aromatic nitrogens is 2. The highest BCUT2D eigenvalue weighted by Gasteiger charge is 2.29. The molecule has 2 amide bonds. The number of hydrogen-bond acceptors (Lipinski definition) is 6. The molecule has 2 aliphatic carbocycles. The maximum absolute atomic E-state index is 14.0. The summed E-state index contributed by atoms with van der Waals surface area (Å²) in [5.41, 5.74) is 7.17. The Hall–Kier alpha value is -6.38. The first kappa shape index (κ1) is 44.2. The highest BCUT2D eigenvalue weighted by atomic mass is 16.2. The average Bonchev–Trinajstić information content (AvgIpc) is 3.36. The van der Waals surface area contributed by atoms with Gasteiger partial charge in [-0.1, -0.05) is 143 Å². The smallest absolute Gasteiger partial charge is 0.272 e. The van der Waals surface area contributed by atoms with Gasteiger partial charge in [-0.05, 0) is 98.5 Å². The van der Waals surface area contributed by atoms with E-state index in [1.807, 2.05) is 108 Å². The van der Waals surface area contributed by atoms with Gasteiger partial charge in [0.2, 0.25) is 0 Å². The second kappa shape index (κ2) is 22.3. The molecule has 0 radical (unpaired) electrons. The van der Waals surface area contributed by atoms with E-state index in [0.717, 1.165) is 76.9 Å². The Balaban J connectivity index is 0.000000178. The predicted octanol–water partition coefficient (Wildman–Crippen LogP) is 13.0. The lowest BCUT2D eigenvalue weighted by molar-refractivity contribution is 0.0865. The Morgan fingerprint density at radius 1 is 0.625 bits per heavy atom. The normalized spacial score (nSPS) is 14.5. The number of fused-ring (bicyclic) bond motifs is 2. The van der Waals surface area contributed by atoms with Crippen LogP contribution in [-0.2, 0) is 6.42 Å². The number of para-hydroxylation sites is 3. The van der Waals surface area contributed by atoms with Crippen LogP contribution in [0, 0.1) is 5.92 Å². The summed E-state index contributed by atoms with van der Waals surface area (Å²) in [7, 11) is 0. The van der Waals surface area contributed by atoms with Crippen molar-refractivity contribution in [1.82, 2.24) is 15.0 Å². The summed E-state index contributed by atoms with van der Waals surface area (Å²) in [4.78, 5) is 38.9. The third kappa shape index (κ3) is 11.4. The fourth-order valence-corrected chi connectivity index (χ4v) is 9.52. The highest BCUT2D eigenvalue weighted by molar-refractivity contribution is 6.09. The van der Waals surface area contributed by atoms with E-state index in [4.69, 9.17) is 4.98 Å². The molecule has 5 aromatic carbocycles. The van der Waals surface area contributed by atoms with Crippen LogP contribution in [0.1, 0.15) is 104 Å². The van der Waals surface area contributed by atoms with Gasteiger partial charge in [0.25, 0.3) is 11.8 Å². The molecule has 2 aromatic heterocycles. The van der Waals surface area contributed by atoms with Crippen LogP contribution in [0.15, 0.2) is 158 Å². The van der Waals surface area contributed by atoms with E-state index >= 15 is 0 Å². The lowest BCUT2D eigenvalue weighted by Crippen LogP contribution is -2.50. The second-order valence-corrected chi connectivity index (χ2v) is 17.4. The van der Waals surface area contributed by atoms with E-state index in [-0.39, 0.29) is 11.8 Å². The molecule has 0 aliphatic heterocycles. The standard InChI is InChI=1S/C31H33N3O.C25H29N3O/c35-31(27-16-8-3-9-17-27)34(29-22-28-18-10-11-19-30(28)32-23-29)33(24-26-14-6-2-7-15-26)21-20-25-12-4-1-5-13-25;1-2-16-28(21-11-4-3-5-12-21)24-15-9-7-13-22(24)25(29)27-20-17-19-10-6-8-14-23(19)26-18-20/h1,3-5,8-13,16-19,22-23,26H,2,6-7,14-15,20-21,24H2;6-10,13-15,17-18,21H,2-5,11-12,16H2,1H3,(H,27,29). The summed E-state index contributed by atoms with van der Waals surface area (Å²) in [6.45, 7) is 4.83. The molecule has 2 aliphatic rings. The van der Waals surface area contributed by atoms with Crippen molar-refractivity contribution in [1.29, 1.82) is 0 Å². The number of rotatable bonds is 14. The number of amides is 2. The van der Waals surface area contributed by atoms with Crippen molar-refractivity contribution in [2.45, 2.75) is 90.0 Å². The fourth-order valence-electron chi connectivity index (χ4n) is 9.52. The molecule has 7 aromatic rings. The molecule has 64 heavy (non-hydrogen) atoms. The van der Waals surface area contributed by atoms with E-state index in [9.17, 15) is 9.59 Å². The maximum Gasteiger partial charge on any atom is 0.272 e. The number of carbonyl (C=O) groups excluding carboxylic acids is 2. The van der Waals surface area contributed by atoms with Gasteiger partial charge in [-0.2, -0.15) is 0 Å². The number of carbonyl (C=O) groups is 2. The molecule has 2 saturated carbocycles. The van der Waals surface area contributed by atoms with Crippen molar-refractivity contribution in [2.75, 3.05) is 34.9 Å². The molecule has 8 heteroatoms. The van der Waals surface area contributed by atoms with Gasteiger partial charge in [-0.25, -0.2) is 10.0 Å². The summed E-state index contributed by atoms with van der Waals surface area (Å²) in [6.07, 6.45) is 18.2. The minimum Gasteiger partial charge on any atom is -0.368 e. The highest BCUT2D eigenvalue weighted by Crippen LogP contribution is 2.32. The number of nitrogens with zero attached hydrogens (tertiary/aromatic N) is 5. The van der Waals surface area contributed by atoms with Gasteiger partial charge in [0.05, 0.1) is 40.4 Å². The third-order valence-electron chi connectivity index (χ3n) is 12.8. The topological polar surface area (TPSA) is 81.7 Å². The Labute approximate surface area is 379 Å². The van der Waals surface area contributed by atoms with Crippen LogP contribution in [-0.4, -0.2) is 52.5 Å². The van der Waals surface area contributed by atoms with Crippen LogP contribution in [0.4, 0.5) is 17.1 Å². The molecular weight excluding hydrogens is 789 g/mol. The first-order valence-electron chi connectivity index (χ1n) is 23.6. The van der Waals surface area contributed by atoms with Gasteiger partial charge in [0.15, 0.2) is 0 Å². The first-order valence-corrected chi connectivity index (χ1v) is 23.6. The lowest BCUT2D eigenvalue weighted by Gasteiger charge is -2.38. The van der Waals surface area contributed by atoms with Crippen LogP contribution >= 0.6 is 0 Å². The van der Waals surface area contributed by atoms with E-state index in [2.05, 4.69) is 75.7 Å². The molecule has 2 fully saturated rings. The molecule has 0 unspecified atom stereocenters. The van der Waals surface area contributed by atoms with Crippen molar-refractivity contribution >= 4 is 50.7 Å². The summed E-state index contributed by atoms with van der Waals surface area (Å²) in [5, 5.41) is 9.30. The van der Waals surface area contributed by atoms with Gasteiger partial charge < -0.3 is 10.2 Å². The van der Waals surface area contributed by atoms with Crippen LogP contribution in [0.3, 0.4) is 0 Å². The van der Waals surface area contributed by atoms with Gasteiger partial charge in [0.1, 0.15) is 0 Å². The SMILES string of the molecule is CCCN(c1ccccc1C(=O)Nc1cnc2ccccc2c1)C1CCCCC1.O=C(c1ccccc1)N(c1cnc2ccccc2c1)N(CCc1ccccc1)CC1CCCCC1. The number of anilines is 3. The quantitative estimate of drug-likeness (QED) is 0.110. The molecule has 328 valence electrons. The summed E-state index contributed by atoms with van der Waals surface area (Å²) in [5.74, 6) is 0.514. The number of benzene rings is 5. The minimum atomic E-state index is -0.0745. The Morgan fingerprint density at radius 2 is 1.22 bits per heavy atom. The average molecular weight is 851 g/mol. The van der Waals surface area contributed by atoms with Gasteiger partial charge in [-0.15, -0.1) is 0 Å². The largest absolute Gasteiger partial charge is 0.368 e. The van der Waals surface area contributed by atoms with E-state index in [1.165, 1.54) is 69.8 Å². The van der Waals surface area contributed by atoms with Crippen LogP contribution in [0.2, 0.25) is 0 Å². The zero-order chi connectivity index (χ0) is 43.9. The zero-order valence-electron chi connectivity index (χ0n) is 37.3. The van der Waals surface area contributed by atoms with E-state index in [1.54, 1.807) is 6.20 Å². The van der Waals surface area contributed by atoms with Crippen LogP contribution < -0.4 is 15.2 Å². The zero-order valence-corrected chi connectivity index (χ0v) is 37.3. The van der Waals surface area contributed by atoms with Crippen molar-refractivity contribution < 1.29 is 9.59 Å². The third-order valence-corrected chi connectivity index (χ3v) is 12.8. The van der Waals surface area contributed by atoms with Gasteiger partial charge in [-0.3, -0.25) is 19.6 Å². The Morgan fingerprint density at radius 3 is 1.92 bits per heavy atom. The monoisotopic (exact) mass is 850 g/mol. The summed E-state index contributed by atoms with van der Waals surface area (Å²) >= 11 is 0. The number of hydrogen-bond donors (Lipinski definition) is 1. The first-order chi connectivity index (χ1) is 31.5. The second-order valence-electron chi connectivity index (χ2n) is 17.4. The minimum absolute atomic E-state index is 0.00782. The Kier molecular flexibility index (Phi) is 15.4. The summed E-state index contributed by atoms with van der Waals surface area (Å²) < 4.78 is 0. The van der Waals surface area contributed by atoms with Gasteiger partial charge >= 0.3 is 0 Å². The van der Waals surface area contributed by atoms with Gasteiger partial charge in [0, 0.05) is 47.7 Å². The maximum atomic E-state index is 14.0. The Bertz CT molecular complexity index is 2570.